The number of hydrogen-bond acceptors (Lipinski definition) is 3. The van der Waals surface area contributed by atoms with E-state index in [2.05, 4.69) is 9.40 Å². The van der Waals surface area contributed by atoms with Gasteiger partial charge in [-0.25, -0.2) is 0 Å². The van der Waals surface area contributed by atoms with Crippen LogP contribution in [0.15, 0.2) is 22.6 Å². The van der Waals surface area contributed by atoms with Crippen LogP contribution in [0.3, 0.4) is 0 Å². The minimum absolute atomic E-state index is 0.414. The number of hydrogen-bond donors (Lipinski definition) is 1. The van der Waals surface area contributed by atoms with E-state index in [1.54, 1.807) is 18.2 Å². The average Bonchev–Trinajstić information content (AvgIpc) is 2.27. The number of halogens is 1. The van der Waals surface area contributed by atoms with Gasteiger partial charge >= 0.3 is 6.14 Å². The highest BCUT2D eigenvalue weighted by molar-refractivity contribution is 5.76. The molecule has 0 saturated carbocycles. The minimum atomic E-state index is -0.828. The van der Waals surface area contributed by atoms with Crippen LogP contribution < -0.4 is 5.73 Å². The number of rotatable bonds is 0. The second-order valence-corrected chi connectivity index (χ2v) is 2.19. The predicted octanol–water partition coefficient (Wildman–Crippen LogP) is 1.55. The Labute approximate surface area is 61.6 Å². The summed E-state index contributed by atoms with van der Waals surface area (Å²) >= 11 is 0. The summed E-state index contributed by atoms with van der Waals surface area (Å²) in [7, 11) is 0. The van der Waals surface area contributed by atoms with Crippen LogP contribution in [0, 0.1) is 6.14 Å². The third-order valence-corrected chi connectivity index (χ3v) is 1.39. The molecule has 2 aromatic rings. The predicted molar refractivity (Wildman–Crippen MR) is 38.4 cm³/mol. The molecule has 1 heterocycles. The van der Waals surface area contributed by atoms with E-state index in [9.17, 15) is 4.39 Å². The summed E-state index contributed by atoms with van der Waals surface area (Å²) in [5.41, 5.74) is 6.84. The van der Waals surface area contributed by atoms with Gasteiger partial charge in [-0.1, -0.05) is 0 Å². The van der Waals surface area contributed by atoms with Gasteiger partial charge in [0.2, 0.25) is 0 Å². The quantitative estimate of drug-likeness (QED) is 0.582. The van der Waals surface area contributed by atoms with Crippen LogP contribution in [-0.4, -0.2) is 4.98 Å². The molecule has 0 saturated heterocycles. The van der Waals surface area contributed by atoms with Crippen LogP contribution in [0.4, 0.5) is 10.1 Å². The zero-order valence-electron chi connectivity index (χ0n) is 5.54. The van der Waals surface area contributed by atoms with Crippen molar-refractivity contribution in [2.24, 2.45) is 0 Å². The molecule has 0 aliphatic rings. The zero-order chi connectivity index (χ0) is 7.84. The Morgan fingerprint density at radius 3 is 3.09 bits per heavy atom. The lowest BCUT2D eigenvalue weighted by Crippen LogP contribution is -1.82. The van der Waals surface area contributed by atoms with Crippen molar-refractivity contribution in [3.05, 3.63) is 24.3 Å². The number of nitrogen functional groups attached to an aromatic ring is 1. The van der Waals surface area contributed by atoms with Crippen molar-refractivity contribution in [2.75, 3.05) is 5.73 Å². The van der Waals surface area contributed by atoms with Gasteiger partial charge in [0, 0.05) is 5.69 Å². The Kier molecular flexibility index (Phi) is 1.09. The van der Waals surface area contributed by atoms with Gasteiger partial charge in [0.15, 0.2) is 5.58 Å². The topological polar surface area (TPSA) is 52.0 Å². The van der Waals surface area contributed by atoms with Gasteiger partial charge in [-0.2, -0.15) is 4.98 Å². The Morgan fingerprint density at radius 1 is 1.45 bits per heavy atom. The number of fused-ring (bicyclic) bond motifs is 1. The van der Waals surface area contributed by atoms with Gasteiger partial charge in [-0.3, -0.25) is 0 Å². The number of anilines is 1. The summed E-state index contributed by atoms with van der Waals surface area (Å²) in [5.74, 6) is 0. The summed E-state index contributed by atoms with van der Waals surface area (Å²) in [6.45, 7) is 0. The molecule has 0 spiro atoms. The van der Waals surface area contributed by atoms with Crippen molar-refractivity contribution in [2.45, 2.75) is 0 Å². The summed E-state index contributed by atoms with van der Waals surface area (Å²) in [4.78, 5) is 3.46. The van der Waals surface area contributed by atoms with E-state index >= 15 is 0 Å². The van der Waals surface area contributed by atoms with Crippen molar-refractivity contribution < 1.29 is 8.81 Å². The second-order valence-electron chi connectivity index (χ2n) is 2.19. The lowest BCUT2D eigenvalue weighted by atomic mass is 10.3. The molecule has 0 fully saturated rings. The maximum absolute atomic E-state index is 12.3. The zero-order valence-corrected chi connectivity index (χ0v) is 5.54. The fraction of sp³-hybridized carbons (Fsp3) is 0. The molecule has 3 nitrogen and oxygen atoms in total. The number of nitrogens with two attached hydrogens (primary N) is 1. The monoisotopic (exact) mass is 152 g/mol. The molecular weight excluding hydrogens is 147 g/mol. The first-order valence-corrected chi connectivity index (χ1v) is 3.07. The molecule has 1 aromatic heterocycles. The molecule has 56 valence electrons. The molecule has 4 heteroatoms. The first-order chi connectivity index (χ1) is 5.25. The van der Waals surface area contributed by atoms with Crippen LogP contribution in [0.25, 0.3) is 11.1 Å². The SMILES string of the molecule is Nc1ccc2oc(F)nc2c1. The molecule has 0 unspecified atom stereocenters. The lowest BCUT2D eigenvalue weighted by Gasteiger charge is -1.87. The Bertz CT molecular complexity index is 396. The maximum Gasteiger partial charge on any atom is 0.382 e. The molecule has 2 rings (SSSR count). The summed E-state index contributed by atoms with van der Waals surface area (Å²) in [5, 5.41) is 0. The number of aromatic nitrogens is 1. The Hall–Kier alpha value is -1.58. The molecule has 11 heavy (non-hydrogen) atoms. The highest BCUT2D eigenvalue weighted by atomic mass is 19.1. The largest absolute Gasteiger partial charge is 0.415 e. The van der Waals surface area contributed by atoms with Crippen LogP contribution >= 0.6 is 0 Å². The maximum atomic E-state index is 12.3. The minimum Gasteiger partial charge on any atom is -0.415 e. The number of oxazole rings is 1. The Balaban J connectivity index is 2.82. The van der Waals surface area contributed by atoms with Gasteiger partial charge in [-0.05, 0) is 18.2 Å². The fourth-order valence-corrected chi connectivity index (χ4v) is 0.916. The first kappa shape index (κ1) is 6.15. The molecule has 0 atom stereocenters. The molecule has 0 aliphatic carbocycles. The van der Waals surface area contributed by atoms with Crippen molar-refractivity contribution in [3.63, 3.8) is 0 Å². The molecule has 0 bridgehead atoms. The van der Waals surface area contributed by atoms with E-state index in [-0.39, 0.29) is 0 Å². The van der Waals surface area contributed by atoms with Crippen LogP contribution in [0.1, 0.15) is 0 Å². The first-order valence-electron chi connectivity index (χ1n) is 3.07. The molecule has 0 aliphatic heterocycles. The van der Waals surface area contributed by atoms with Crippen molar-refractivity contribution in [1.82, 2.24) is 4.98 Å². The highest BCUT2D eigenvalue weighted by Gasteiger charge is 2.02. The van der Waals surface area contributed by atoms with Crippen molar-refractivity contribution >= 4 is 16.8 Å². The smallest absolute Gasteiger partial charge is 0.382 e. The van der Waals surface area contributed by atoms with E-state index in [0.29, 0.717) is 16.8 Å². The number of nitrogens with zero attached hydrogens (tertiary/aromatic N) is 1. The van der Waals surface area contributed by atoms with E-state index < -0.39 is 6.14 Å². The van der Waals surface area contributed by atoms with Crippen molar-refractivity contribution in [3.8, 4) is 0 Å². The second kappa shape index (κ2) is 1.95. The van der Waals surface area contributed by atoms with Crippen molar-refractivity contribution in [1.29, 1.82) is 0 Å². The van der Waals surface area contributed by atoms with Gasteiger partial charge < -0.3 is 10.2 Å². The average molecular weight is 152 g/mol. The van der Waals surface area contributed by atoms with Crippen LogP contribution in [0.2, 0.25) is 0 Å². The van der Waals surface area contributed by atoms with E-state index in [0.717, 1.165) is 0 Å². The van der Waals surface area contributed by atoms with E-state index in [4.69, 9.17) is 5.73 Å². The highest BCUT2D eigenvalue weighted by Crippen LogP contribution is 2.16. The fourth-order valence-electron chi connectivity index (χ4n) is 0.916. The standard InChI is InChI=1S/C7H5FN2O/c8-7-10-5-3-4(9)1-2-6(5)11-7/h1-3H,9H2. The van der Waals surface area contributed by atoms with E-state index in [1.807, 2.05) is 0 Å². The Morgan fingerprint density at radius 2 is 2.27 bits per heavy atom. The van der Waals surface area contributed by atoms with E-state index in [1.165, 1.54) is 0 Å². The van der Waals surface area contributed by atoms with Crippen LogP contribution in [-0.2, 0) is 0 Å². The lowest BCUT2D eigenvalue weighted by molar-refractivity contribution is 0.355. The number of benzene rings is 1. The van der Waals surface area contributed by atoms with Gasteiger partial charge in [0.25, 0.3) is 0 Å². The molecule has 2 N–H and O–H groups in total. The summed E-state index contributed by atoms with van der Waals surface area (Å²) < 4.78 is 16.9. The third-order valence-electron chi connectivity index (χ3n) is 1.39. The molecular formula is C7H5FN2O. The summed E-state index contributed by atoms with van der Waals surface area (Å²) in [6.07, 6.45) is -0.828. The third kappa shape index (κ3) is 0.920. The summed E-state index contributed by atoms with van der Waals surface area (Å²) in [6, 6.07) is 4.77. The normalized spacial score (nSPS) is 10.6. The molecule has 1 aromatic carbocycles. The van der Waals surface area contributed by atoms with Gasteiger partial charge in [-0.15, -0.1) is 4.39 Å². The van der Waals surface area contributed by atoms with Gasteiger partial charge in [0.1, 0.15) is 5.52 Å². The molecule has 0 amide bonds. The van der Waals surface area contributed by atoms with Gasteiger partial charge in [0.05, 0.1) is 0 Å². The van der Waals surface area contributed by atoms with Crippen LogP contribution in [0.5, 0.6) is 0 Å². The molecule has 0 radical (unpaired) electrons.